The fraction of sp³-hybridized carbons (Fsp3) is 0.417. The van der Waals surface area contributed by atoms with E-state index in [4.69, 9.17) is 0 Å². The third kappa shape index (κ3) is 7.65. The molecule has 2 aromatic carbocycles. The van der Waals surface area contributed by atoms with Crippen LogP contribution in [0.3, 0.4) is 0 Å². The number of amides is 2. The molecular weight excluding hydrogens is 506 g/mol. The highest BCUT2D eigenvalue weighted by atomic mass is 79.9. The normalized spacial score (nSPS) is 13.0. The Kier molecular flexibility index (Phi) is 8.84. The van der Waals surface area contributed by atoms with Crippen LogP contribution in [0, 0.1) is 6.92 Å². The molecule has 180 valence electrons. The van der Waals surface area contributed by atoms with Crippen molar-refractivity contribution in [1.82, 2.24) is 14.5 Å². The molecule has 0 saturated heterocycles. The first-order valence-electron chi connectivity index (χ1n) is 10.6. The second-order valence-electron chi connectivity index (χ2n) is 9.14. The Balaban J connectivity index is 2.29. The number of sulfonamides is 1. The van der Waals surface area contributed by atoms with Crippen molar-refractivity contribution in [3.63, 3.8) is 0 Å². The van der Waals surface area contributed by atoms with Gasteiger partial charge in [0, 0.05) is 23.6 Å². The summed E-state index contributed by atoms with van der Waals surface area (Å²) >= 11 is 3.42. The van der Waals surface area contributed by atoms with Gasteiger partial charge in [-0.2, -0.15) is 4.31 Å². The third-order valence-corrected chi connectivity index (χ3v) is 7.31. The standard InChI is InChI=1S/C24H32BrN3O4S/c1-17-10-12-21(13-11-17)33(31,32)27(6)16-22(29)28(15-19-8-7-9-20(25)14-19)18(2)23(30)26-24(3,4)5/h7-14,18H,15-16H2,1-6H3,(H,26,30)/t18-/m1/s1. The Bertz CT molecular complexity index is 1100. The fourth-order valence-corrected chi connectivity index (χ4v) is 4.71. The number of carbonyl (C=O) groups excluding carboxylic acids is 2. The number of rotatable bonds is 8. The van der Waals surface area contributed by atoms with E-state index in [1.54, 1.807) is 19.1 Å². The van der Waals surface area contributed by atoms with Crippen LogP contribution in [0.5, 0.6) is 0 Å². The van der Waals surface area contributed by atoms with Crippen LogP contribution < -0.4 is 5.32 Å². The Morgan fingerprint density at radius 3 is 2.24 bits per heavy atom. The number of nitrogens with one attached hydrogen (secondary N) is 1. The number of halogens is 1. The van der Waals surface area contributed by atoms with E-state index in [0.717, 1.165) is 19.9 Å². The summed E-state index contributed by atoms with van der Waals surface area (Å²) in [4.78, 5) is 27.7. The predicted octanol–water partition coefficient (Wildman–Crippen LogP) is 3.71. The first-order chi connectivity index (χ1) is 15.2. The molecule has 7 nitrogen and oxygen atoms in total. The molecule has 0 aliphatic heterocycles. The van der Waals surface area contributed by atoms with Crippen molar-refractivity contribution >= 4 is 37.8 Å². The Morgan fingerprint density at radius 1 is 1.09 bits per heavy atom. The van der Waals surface area contributed by atoms with Crippen LogP contribution in [0.15, 0.2) is 57.9 Å². The predicted molar refractivity (Wildman–Crippen MR) is 133 cm³/mol. The molecule has 0 bridgehead atoms. The van der Waals surface area contributed by atoms with E-state index < -0.39 is 34.1 Å². The van der Waals surface area contributed by atoms with Gasteiger partial charge in [-0.15, -0.1) is 0 Å². The molecule has 0 spiro atoms. The van der Waals surface area contributed by atoms with Gasteiger partial charge in [0.2, 0.25) is 21.8 Å². The summed E-state index contributed by atoms with van der Waals surface area (Å²) in [5.74, 6) is -0.778. The summed E-state index contributed by atoms with van der Waals surface area (Å²) in [7, 11) is -2.50. The molecule has 0 unspecified atom stereocenters. The maximum atomic E-state index is 13.3. The molecule has 9 heteroatoms. The Hall–Kier alpha value is -2.23. The first-order valence-corrected chi connectivity index (χ1v) is 12.8. The molecular formula is C24H32BrN3O4S. The number of carbonyl (C=O) groups is 2. The zero-order valence-electron chi connectivity index (χ0n) is 19.9. The van der Waals surface area contributed by atoms with Crippen LogP contribution in [-0.4, -0.2) is 54.6 Å². The van der Waals surface area contributed by atoms with E-state index in [-0.39, 0.29) is 17.3 Å². The molecule has 1 N–H and O–H groups in total. The zero-order valence-corrected chi connectivity index (χ0v) is 22.3. The first kappa shape index (κ1) is 27.0. The quantitative estimate of drug-likeness (QED) is 0.556. The van der Waals surface area contributed by atoms with Gasteiger partial charge < -0.3 is 10.2 Å². The van der Waals surface area contributed by atoms with Crippen LogP contribution in [0.4, 0.5) is 0 Å². The van der Waals surface area contributed by atoms with Gasteiger partial charge >= 0.3 is 0 Å². The summed E-state index contributed by atoms with van der Waals surface area (Å²) < 4.78 is 27.8. The van der Waals surface area contributed by atoms with Gasteiger partial charge in [0.1, 0.15) is 6.04 Å². The molecule has 2 aromatic rings. The molecule has 2 amide bonds. The highest BCUT2D eigenvalue weighted by Gasteiger charge is 2.31. The van der Waals surface area contributed by atoms with E-state index in [9.17, 15) is 18.0 Å². The van der Waals surface area contributed by atoms with E-state index in [1.807, 2.05) is 52.0 Å². The summed E-state index contributed by atoms with van der Waals surface area (Å²) in [5.41, 5.74) is 1.28. The summed E-state index contributed by atoms with van der Waals surface area (Å²) in [5, 5.41) is 2.89. The minimum absolute atomic E-state index is 0.112. The van der Waals surface area contributed by atoms with Crippen molar-refractivity contribution in [2.45, 2.75) is 57.6 Å². The van der Waals surface area contributed by atoms with Gasteiger partial charge in [-0.3, -0.25) is 9.59 Å². The largest absolute Gasteiger partial charge is 0.350 e. The second-order valence-corrected chi connectivity index (χ2v) is 12.1. The molecule has 0 fully saturated rings. The lowest BCUT2D eigenvalue weighted by Crippen LogP contribution is -2.54. The summed E-state index contributed by atoms with van der Waals surface area (Å²) in [6, 6.07) is 13.1. The van der Waals surface area contributed by atoms with Crippen LogP contribution in [0.2, 0.25) is 0 Å². The van der Waals surface area contributed by atoms with Crippen LogP contribution in [0.25, 0.3) is 0 Å². The van der Waals surface area contributed by atoms with Crippen LogP contribution in [0.1, 0.15) is 38.8 Å². The molecule has 33 heavy (non-hydrogen) atoms. The van der Waals surface area contributed by atoms with E-state index in [1.165, 1.54) is 24.1 Å². The number of likely N-dealkylation sites (N-methyl/N-ethyl adjacent to an activating group) is 1. The van der Waals surface area contributed by atoms with E-state index in [2.05, 4.69) is 21.2 Å². The maximum absolute atomic E-state index is 13.3. The Morgan fingerprint density at radius 2 is 1.70 bits per heavy atom. The average Bonchev–Trinajstić information content (AvgIpc) is 2.70. The molecule has 0 radical (unpaired) electrons. The lowest BCUT2D eigenvalue weighted by atomic mass is 10.1. The molecule has 0 aromatic heterocycles. The smallest absolute Gasteiger partial charge is 0.243 e. The SMILES string of the molecule is Cc1ccc(S(=O)(=O)N(C)CC(=O)N(Cc2cccc(Br)c2)[C@H](C)C(=O)NC(C)(C)C)cc1. The van der Waals surface area contributed by atoms with Gasteiger partial charge in [-0.25, -0.2) is 8.42 Å². The number of benzene rings is 2. The minimum atomic E-state index is -3.86. The maximum Gasteiger partial charge on any atom is 0.243 e. The minimum Gasteiger partial charge on any atom is -0.350 e. The van der Waals surface area contributed by atoms with Gasteiger partial charge in [-0.1, -0.05) is 45.8 Å². The lowest BCUT2D eigenvalue weighted by Gasteiger charge is -2.32. The monoisotopic (exact) mass is 537 g/mol. The van der Waals surface area contributed by atoms with Crippen molar-refractivity contribution < 1.29 is 18.0 Å². The van der Waals surface area contributed by atoms with Crippen molar-refractivity contribution in [2.75, 3.05) is 13.6 Å². The number of nitrogens with zero attached hydrogens (tertiary/aromatic N) is 2. The highest BCUT2D eigenvalue weighted by molar-refractivity contribution is 9.10. The molecule has 1 atom stereocenters. The lowest BCUT2D eigenvalue weighted by molar-refractivity contribution is -0.141. The van der Waals surface area contributed by atoms with Gasteiger partial charge in [0.15, 0.2) is 0 Å². The zero-order chi connectivity index (χ0) is 25.0. The van der Waals surface area contributed by atoms with Gasteiger partial charge in [0.05, 0.1) is 11.4 Å². The third-order valence-electron chi connectivity index (χ3n) is 4.99. The highest BCUT2D eigenvalue weighted by Crippen LogP contribution is 2.18. The van der Waals surface area contributed by atoms with Crippen molar-refractivity contribution in [2.24, 2.45) is 0 Å². The number of hydrogen-bond acceptors (Lipinski definition) is 4. The number of aryl methyl sites for hydroxylation is 1. The summed E-state index contributed by atoms with van der Waals surface area (Å²) in [6.07, 6.45) is 0. The van der Waals surface area contributed by atoms with E-state index >= 15 is 0 Å². The van der Waals surface area contributed by atoms with Gasteiger partial charge in [-0.05, 0) is 64.4 Å². The molecule has 0 saturated carbocycles. The molecule has 0 heterocycles. The van der Waals surface area contributed by atoms with Crippen LogP contribution >= 0.6 is 15.9 Å². The van der Waals surface area contributed by atoms with Crippen molar-refractivity contribution in [3.05, 3.63) is 64.1 Å². The fourth-order valence-electron chi connectivity index (χ4n) is 3.15. The second kappa shape index (κ2) is 10.8. The molecule has 2 rings (SSSR count). The molecule has 0 aliphatic carbocycles. The van der Waals surface area contributed by atoms with Crippen molar-refractivity contribution in [1.29, 1.82) is 0 Å². The number of hydrogen-bond donors (Lipinski definition) is 1. The van der Waals surface area contributed by atoms with Crippen LogP contribution in [-0.2, 0) is 26.2 Å². The van der Waals surface area contributed by atoms with Crippen molar-refractivity contribution in [3.8, 4) is 0 Å². The van der Waals surface area contributed by atoms with Gasteiger partial charge in [0.25, 0.3) is 0 Å². The Labute approximate surface area is 205 Å². The summed E-state index contributed by atoms with van der Waals surface area (Å²) in [6.45, 7) is 8.87. The molecule has 0 aliphatic rings. The average molecular weight is 539 g/mol. The topological polar surface area (TPSA) is 86.8 Å². The van der Waals surface area contributed by atoms with E-state index in [0.29, 0.717) is 0 Å².